The molecule has 2 aromatic heterocycles. The minimum Gasteiger partial charge on any atom is -0.342 e. The molecule has 1 atom stereocenters. The number of amides is 1. The number of hydrogen-bond donors (Lipinski definition) is 1. The quantitative estimate of drug-likeness (QED) is 0.560. The van der Waals surface area contributed by atoms with Crippen LogP contribution in [0.25, 0.3) is 22.3 Å². The Balaban J connectivity index is 1.37. The number of benzene rings is 2. The molecule has 0 bridgehead atoms. The number of nitrogens with zero attached hydrogens (tertiary/aromatic N) is 4. The normalized spacial score (nSPS) is 16.9. The fraction of sp³-hybridized carbons (Fsp3) is 0.261. The van der Waals surface area contributed by atoms with Gasteiger partial charge in [0.25, 0.3) is 5.91 Å². The molecular weight excluding hydrogens is 381 g/mol. The van der Waals surface area contributed by atoms with Gasteiger partial charge in [-0.25, -0.2) is 9.37 Å². The maximum absolute atomic E-state index is 13.2. The highest BCUT2D eigenvalue weighted by atomic mass is 19.1. The Bertz CT molecular complexity index is 1180. The number of rotatable bonds is 3. The molecule has 1 aliphatic heterocycles. The first-order chi connectivity index (χ1) is 14.6. The molecule has 1 aliphatic rings. The molecule has 0 aliphatic carbocycles. The highest BCUT2D eigenvalue weighted by molar-refractivity contribution is 5.93. The van der Waals surface area contributed by atoms with E-state index in [1.807, 2.05) is 29.2 Å². The number of hydrogen-bond acceptors (Lipinski definition) is 3. The summed E-state index contributed by atoms with van der Waals surface area (Å²) in [6.07, 6.45) is 1.91. The lowest BCUT2D eigenvalue weighted by molar-refractivity contribution is 0.0698. The van der Waals surface area contributed by atoms with Crippen molar-refractivity contribution >= 4 is 16.9 Å². The van der Waals surface area contributed by atoms with Gasteiger partial charge in [-0.1, -0.05) is 12.1 Å². The third kappa shape index (κ3) is 3.36. The number of piperidine rings is 1. The number of fused-ring (bicyclic) bond motifs is 1. The van der Waals surface area contributed by atoms with E-state index in [1.165, 1.54) is 12.1 Å². The van der Waals surface area contributed by atoms with Crippen LogP contribution in [-0.4, -0.2) is 43.6 Å². The second-order valence-electron chi connectivity index (χ2n) is 7.77. The van der Waals surface area contributed by atoms with Crippen molar-refractivity contribution in [3.8, 4) is 11.3 Å². The van der Waals surface area contributed by atoms with E-state index in [-0.39, 0.29) is 17.6 Å². The topological polar surface area (TPSA) is 66.8 Å². The van der Waals surface area contributed by atoms with Gasteiger partial charge in [0.05, 0.1) is 16.7 Å². The predicted molar refractivity (Wildman–Crippen MR) is 113 cm³/mol. The lowest BCUT2D eigenvalue weighted by Crippen LogP contribution is -2.39. The summed E-state index contributed by atoms with van der Waals surface area (Å²) < 4.78 is 14.9. The molecule has 152 valence electrons. The Morgan fingerprint density at radius 2 is 1.97 bits per heavy atom. The molecule has 5 rings (SSSR count). The van der Waals surface area contributed by atoms with Crippen LogP contribution in [0.15, 0.2) is 54.6 Å². The Morgan fingerprint density at radius 1 is 1.17 bits per heavy atom. The molecule has 2 aromatic carbocycles. The average Bonchev–Trinajstić information content (AvgIpc) is 3.38. The minimum absolute atomic E-state index is 0.0835. The van der Waals surface area contributed by atoms with Crippen molar-refractivity contribution in [3.05, 3.63) is 71.9 Å². The zero-order chi connectivity index (χ0) is 20.7. The van der Waals surface area contributed by atoms with Crippen LogP contribution in [0.4, 0.5) is 4.39 Å². The Kier molecular flexibility index (Phi) is 4.58. The summed E-state index contributed by atoms with van der Waals surface area (Å²) in [4.78, 5) is 23.1. The van der Waals surface area contributed by atoms with Gasteiger partial charge in [-0.3, -0.25) is 9.48 Å². The molecule has 4 aromatic rings. The summed E-state index contributed by atoms with van der Waals surface area (Å²) in [5.74, 6) is 0.735. The molecule has 1 fully saturated rings. The van der Waals surface area contributed by atoms with Gasteiger partial charge in [-0.2, -0.15) is 5.10 Å². The summed E-state index contributed by atoms with van der Waals surface area (Å²) >= 11 is 0. The largest absolute Gasteiger partial charge is 0.342 e. The molecule has 1 saturated heterocycles. The SMILES string of the molecule is Cn1nc(C(=O)N2CCC[C@@H](c3nc4ccccc4[nH]3)C2)cc1-c1ccc(F)cc1. The van der Waals surface area contributed by atoms with Crippen molar-refractivity contribution in [2.24, 2.45) is 7.05 Å². The first kappa shape index (κ1) is 18.5. The van der Waals surface area contributed by atoms with Gasteiger partial charge >= 0.3 is 0 Å². The van der Waals surface area contributed by atoms with Gasteiger partial charge in [0.1, 0.15) is 11.6 Å². The predicted octanol–water partition coefficient (Wildman–Crippen LogP) is 4.12. The number of imidazole rings is 1. The van der Waals surface area contributed by atoms with E-state index in [9.17, 15) is 9.18 Å². The van der Waals surface area contributed by atoms with Gasteiger partial charge in [0, 0.05) is 26.1 Å². The zero-order valence-electron chi connectivity index (χ0n) is 16.7. The van der Waals surface area contributed by atoms with Crippen LogP contribution in [0, 0.1) is 5.82 Å². The molecule has 30 heavy (non-hydrogen) atoms. The number of likely N-dealkylation sites (tertiary alicyclic amines) is 1. The highest BCUT2D eigenvalue weighted by Crippen LogP contribution is 2.28. The fourth-order valence-electron chi connectivity index (χ4n) is 4.18. The number of aromatic amines is 1. The van der Waals surface area contributed by atoms with Crippen LogP contribution in [0.2, 0.25) is 0 Å². The first-order valence-electron chi connectivity index (χ1n) is 10.1. The van der Waals surface area contributed by atoms with E-state index < -0.39 is 0 Å². The van der Waals surface area contributed by atoms with Gasteiger partial charge in [-0.05, 0) is 60.9 Å². The van der Waals surface area contributed by atoms with Crippen molar-refractivity contribution in [1.29, 1.82) is 0 Å². The van der Waals surface area contributed by atoms with Crippen LogP contribution in [0.5, 0.6) is 0 Å². The van der Waals surface area contributed by atoms with Gasteiger partial charge in [-0.15, -0.1) is 0 Å². The Labute approximate surface area is 173 Å². The molecule has 0 radical (unpaired) electrons. The second kappa shape index (κ2) is 7.40. The van der Waals surface area contributed by atoms with E-state index in [0.29, 0.717) is 18.8 Å². The number of carbonyl (C=O) groups is 1. The second-order valence-corrected chi connectivity index (χ2v) is 7.77. The molecular formula is C23H22FN5O. The standard InChI is InChI=1S/C23H22FN5O/c1-28-21(15-8-10-17(24)11-9-15)13-20(27-28)23(30)29-12-4-5-16(14-29)22-25-18-6-2-3-7-19(18)26-22/h2-3,6-11,13,16H,4-5,12,14H2,1H3,(H,25,26)/t16-/m1/s1. The van der Waals surface area contributed by atoms with Gasteiger partial charge in [0.15, 0.2) is 5.69 Å². The van der Waals surface area contributed by atoms with E-state index in [0.717, 1.165) is 41.0 Å². The molecule has 0 spiro atoms. The number of aryl methyl sites for hydroxylation is 1. The molecule has 0 saturated carbocycles. The number of para-hydroxylation sites is 2. The summed E-state index contributed by atoms with van der Waals surface area (Å²) in [6, 6.07) is 16.0. The van der Waals surface area contributed by atoms with Crippen molar-refractivity contribution in [1.82, 2.24) is 24.6 Å². The molecule has 7 heteroatoms. The number of aromatic nitrogens is 4. The average molecular weight is 403 g/mol. The van der Waals surface area contributed by atoms with E-state index in [4.69, 9.17) is 4.98 Å². The number of nitrogens with one attached hydrogen (secondary N) is 1. The van der Waals surface area contributed by atoms with Gasteiger partial charge < -0.3 is 9.88 Å². The van der Waals surface area contributed by atoms with Crippen LogP contribution in [0.3, 0.4) is 0 Å². The van der Waals surface area contributed by atoms with E-state index in [1.54, 1.807) is 29.9 Å². The highest BCUT2D eigenvalue weighted by Gasteiger charge is 2.29. The number of halogens is 1. The lowest BCUT2D eigenvalue weighted by Gasteiger charge is -2.31. The lowest BCUT2D eigenvalue weighted by atomic mass is 9.97. The molecule has 1 amide bonds. The van der Waals surface area contributed by atoms with Crippen molar-refractivity contribution < 1.29 is 9.18 Å². The third-order valence-corrected chi connectivity index (χ3v) is 5.74. The van der Waals surface area contributed by atoms with Crippen LogP contribution < -0.4 is 0 Å². The summed E-state index contributed by atoms with van der Waals surface area (Å²) in [6.45, 7) is 1.32. The van der Waals surface area contributed by atoms with E-state index >= 15 is 0 Å². The van der Waals surface area contributed by atoms with Crippen LogP contribution in [-0.2, 0) is 7.05 Å². The first-order valence-corrected chi connectivity index (χ1v) is 10.1. The summed E-state index contributed by atoms with van der Waals surface area (Å²) in [5, 5.41) is 4.43. The fourth-order valence-corrected chi connectivity index (χ4v) is 4.18. The molecule has 0 unspecified atom stereocenters. The minimum atomic E-state index is -0.290. The number of H-pyrrole nitrogens is 1. The molecule has 1 N–H and O–H groups in total. The van der Waals surface area contributed by atoms with Crippen molar-refractivity contribution in [3.63, 3.8) is 0 Å². The maximum atomic E-state index is 13.2. The smallest absolute Gasteiger partial charge is 0.274 e. The zero-order valence-corrected chi connectivity index (χ0v) is 16.7. The summed E-state index contributed by atoms with van der Waals surface area (Å²) in [5.41, 5.74) is 3.98. The number of carbonyl (C=O) groups excluding carboxylic acids is 1. The van der Waals surface area contributed by atoms with Crippen molar-refractivity contribution in [2.45, 2.75) is 18.8 Å². The molecule has 6 nitrogen and oxygen atoms in total. The van der Waals surface area contributed by atoms with E-state index in [2.05, 4.69) is 10.1 Å². The van der Waals surface area contributed by atoms with Crippen LogP contribution >= 0.6 is 0 Å². The maximum Gasteiger partial charge on any atom is 0.274 e. The Morgan fingerprint density at radius 3 is 2.77 bits per heavy atom. The summed E-state index contributed by atoms with van der Waals surface area (Å²) in [7, 11) is 1.79. The van der Waals surface area contributed by atoms with Gasteiger partial charge in [0.2, 0.25) is 0 Å². The monoisotopic (exact) mass is 403 g/mol. The Hall–Kier alpha value is -3.48. The molecule has 3 heterocycles. The third-order valence-electron chi connectivity index (χ3n) is 5.74. The van der Waals surface area contributed by atoms with Crippen molar-refractivity contribution in [2.75, 3.05) is 13.1 Å². The van der Waals surface area contributed by atoms with Crippen LogP contribution in [0.1, 0.15) is 35.1 Å².